The van der Waals surface area contributed by atoms with E-state index in [2.05, 4.69) is 133 Å². The van der Waals surface area contributed by atoms with E-state index in [0.717, 1.165) is 66.5 Å². The van der Waals surface area contributed by atoms with Gasteiger partial charge in [0.15, 0.2) is 5.82 Å². The summed E-state index contributed by atoms with van der Waals surface area (Å²) in [5, 5.41) is 7.15. The molecule has 3 heterocycles. The monoisotopic (exact) mass is 630 g/mol. The minimum Gasteiger partial charge on any atom is -0.456 e. The third kappa shape index (κ3) is 4.42. The predicted octanol–water partition coefficient (Wildman–Crippen LogP) is 12.6. The summed E-state index contributed by atoms with van der Waals surface area (Å²) in [5.74, 6) is 0.707. The topological polar surface area (TPSA) is 38.9 Å². The van der Waals surface area contributed by atoms with Crippen LogP contribution in [0.1, 0.15) is 0 Å². The fourth-order valence-electron chi connectivity index (χ4n) is 6.93. The van der Waals surface area contributed by atoms with Crippen molar-refractivity contribution in [2.45, 2.75) is 0 Å². The summed E-state index contributed by atoms with van der Waals surface area (Å²) in [4.78, 5) is 10.3. The van der Waals surface area contributed by atoms with Crippen LogP contribution >= 0.6 is 11.3 Å². The van der Waals surface area contributed by atoms with Gasteiger partial charge in [0.05, 0.1) is 11.4 Å². The van der Waals surface area contributed by atoms with Crippen molar-refractivity contribution in [1.82, 2.24) is 9.97 Å². The summed E-state index contributed by atoms with van der Waals surface area (Å²) >= 11 is 1.82. The molecule has 0 bridgehead atoms. The average molecular weight is 631 g/mol. The number of nitrogens with zero attached hydrogens (tertiary/aromatic N) is 2. The van der Waals surface area contributed by atoms with Gasteiger partial charge in [-0.3, -0.25) is 0 Å². The molecule has 0 aliphatic rings. The second kappa shape index (κ2) is 10.7. The Hall–Kier alpha value is -6.10. The predicted molar refractivity (Wildman–Crippen MR) is 201 cm³/mol. The maximum Gasteiger partial charge on any atom is 0.160 e. The van der Waals surface area contributed by atoms with Crippen molar-refractivity contribution in [1.29, 1.82) is 0 Å². The zero-order valence-corrected chi connectivity index (χ0v) is 26.5. The van der Waals surface area contributed by atoms with Crippen LogP contribution < -0.4 is 0 Å². The number of fused-ring (bicyclic) bond motifs is 7. The van der Waals surface area contributed by atoms with Crippen molar-refractivity contribution in [3.05, 3.63) is 158 Å². The van der Waals surface area contributed by atoms with Gasteiger partial charge in [0.2, 0.25) is 0 Å². The molecule has 3 nitrogen and oxygen atoms in total. The number of hydrogen-bond donors (Lipinski definition) is 0. The lowest BCUT2D eigenvalue weighted by atomic mass is 9.96. The fraction of sp³-hybridized carbons (Fsp3) is 0. The number of thiophene rings is 1. The first-order chi connectivity index (χ1) is 23.7. The molecule has 0 fully saturated rings. The highest BCUT2D eigenvalue weighted by molar-refractivity contribution is 7.25. The lowest BCUT2D eigenvalue weighted by Gasteiger charge is -2.11. The van der Waals surface area contributed by atoms with E-state index in [1.807, 2.05) is 35.6 Å². The molecule has 0 unspecified atom stereocenters. The standard InChI is InChI=1S/C44H26N2OS/c1-2-9-28(10-3-1)37-26-38(30-21-22-35-34-11-5-7-16-41(34)48-42(35)25-30)46-44(45-37)31-20-18-27-17-19-29(23-32(27)24-31)33-13-8-15-40-43(33)36-12-4-6-14-39(36)47-40/h1-26H. The molecule has 0 N–H and O–H groups in total. The fourth-order valence-corrected chi connectivity index (χ4v) is 8.08. The van der Waals surface area contributed by atoms with Crippen LogP contribution in [0.5, 0.6) is 0 Å². The first-order valence-corrected chi connectivity index (χ1v) is 16.9. The molecule has 0 radical (unpaired) electrons. The highest BCUT2D eigenvalue weighted by atomic mass is 32.1. The molecule has 3 aromatic heterocycles. The Morgan fingerprint density at radius 3 is 2.00 bits per heavy atom. The van der Waals surface area contributed by atoms with E-state index in [1.165, 1.54) is 25.6 Å². The van der Waals surface area contributed by atoms with Crippen LogP contribution in [-0.4, -0.2) is 9.97 Å². The Morgan fingerprint density at radius 2 is 1.10 bits per heavy atom. The van der Waals surface area contributed by atoms with E-state index in [1.54, 1.807) is 0 Å². The summed E-state index contributed by atoms with van der Waals surface area (Å²) in [7, 11) is 0. The Balaban J connectivity index is 1.13. The third-order valence-corrected chi connectivity index (χ3v) is 10.4. The van der Waals surface area contributed by atoms with Crippen LogP contribution in [0.25, 0.3) is 97.9 Å². The van der Waals surface area contributed by atoms with Crippen molar-refractivity contribution in [3.63, 3.8) is 0 Å². The molecule has 7 aromatic carbocycles. The second-order valence-electron chi connectivity index (χ2n) is 12.2. The van der Waals surface area contributed by atoms with E-state index in [-0.39, 0.29) is 0 Å². The summed E-state index contributed by atoms with van der Waals surface area (Å²) in [5.41, 5.74) is 9.04. The van der Waals surface area contributed by atoms with Gasteiger partial charge in [0.25, 0.3) is 0 Å². The van der Waals surface area contributed by atoms with E-state index in [4.69, 9.17) is 14.4 Å². The van der Waals surface area contributed by atoms with E-state index in [0.29, 0.717) is 5.82 Å². The third-order valence-electron chi connectivity index (χ3n) is 9.28. The quantitative estimate of drug-likeness (QED) is 0.194. The molecule has 0 amide bonds. The van der Waals surface area contributed by atoms with Gasteiger partial charge in [-0.2, -0.15) is 0 Å². The molecule has 0 spiro atoms. The molecule has 4 heteroatoms. The van der Waals surface area contributed by atoms with Gasteiger partial charge in [-0.25, -0.2) is 9.97 Å². The molecule has 48 heavy (non-hydrogen) atoms. The summed E-state index contributed by atoms with van der Waals surface area (Å²) in [6.45, 7) is 0. The van der Waals surface area contributed by atoms with Crippen LogP contribution in [0.3, 0.4) is 0 Å². The van der Waals surface area contributed by atoms with Gasteiger partial charge < -0.3 is 4.42 Å². The van der Waals surface area contributed by atoms with Gasteiger partial charge in [-0.15, -0.1) is 11.3 Å². The van der Waals surface area contributed by atoms with Gasteiger partial charge in [-0.1, -0.05) is 115 Å². The van der Waals surface area contributed by atoms with Crippen molar-refractivity contribution in [3.8, 4) is 45.0 Å². The van der Waals surface area contributed by atoms with Crippen LogP contribution in [0.4, 0.5) is 0 Å². The Morgan fingerprint density at radius 1 is 0.417 bits per heavy atom. The second-order valence-corrected chi connectivity index (χ2v) is 13.3. The molecule has 0 aliphatic heterocycles. The number of benzene rings is 7. The van der Waals surface area contributed by atoms with Crippen molar-refractivity contribution in [2.75, 3.05) is 0 Å². The minimum atomic E-state index is 0.707. The Bertz CT molecular complexity index is 2850. The lowest BCUT2D eigenvalue weighted by Crippen LogP contribution is -1.96. The van der Waals surface area contributed by atoms with Crippen LogP contribution in [0.2, 0.25) is 0 Å². The molecule has 0 atom stereocenters. The van der Waals surface area contributed by atoms with E-state index < -0.39 is 0 Å². The SMILES string of the molecule is c1ccc(-c2cc(-c3ccc4c(c3)sc3ccccc34)nc(-c3ccc4ccc(-c5cccc6oc7ccccc7c56)cc4c3)n2)cc1. The average Bonchev–Trinajstić information content (AvgIpc) is 3.73. The van der Waals surface area contributed by atoms with E-state index >= 15 is 0 Å². The molecule has 0 aliphatic carbocycles. The minimum absolute atomic E-state index is 0.707. The zero-order chi connectivity index (χ0) is 31.6. The molecule has 10 aromatic rings. The van der Waals surface area contributed by atoms with E-state index in [9.17, 15) is 0 Å². The Labute approximate surface area is 280 Å². The number of furan rings is 1. The normalized spacial score (nSPS) is 11.8. The van der Waals surface area contributed by atoms with Crippen molar-refractivity contribution in [2.24, 2.45) is 0 Å². The van der Waals surface area contributed by atoms with Crippen molar-refractivity contribution < 1.29 is 4.42 Å². The van der Waals surface area contributed by atoms with Crippen molar-refractivity contribution >= 4 is 64.2 Å². The number of rotatable bonds is 4. The summed E-state index contributed by atoms with van der Waals surface area (Å²) in [6.07, 6.45) is 0. The molecule has 0 saturated carbocycles. The number of hydrogen-bond acceptors (Lipinski definition) is 4. The van der Waals surface area contributed by atoms with Crippen LogP contribution in [-0.2, 0) is 0 Å². The number of aromatic nitrogens is 2. The molecule has 0 saturated heterocycles. The lowest BCUT2D eigenvalue weighted by molar-refractivity contribution is 0.669. The highest BCUT2D eigenvalue weighted by Gasteiger charge is 2.15. The van der Waals surface area contributed by atoms with Gasteiger partial charge >= 0.3 is 0 Å². The van der Waals surface area contributed by atoms with Gasteiger partial charge in [-0.05, 0) is 64.4 Å². The maximum absolute atomic E-state index is 6.20. The van der Waals surface area contributed by atoms with Crippen LogP contribution in [0.15, 0.2) is 162 Å². The first kappa shape index (κ1) is 27.1. The van der Waals surface area contributed by atoms with Crippen LogP contribution in [0, 0.1) is 0 Å². The largest absolute Gasteiger partial charge is 0.456 e. The van der Waals surface area contributed by atoms with Gasteiger partial charge in [0.1, 0.15) is 11.2 Å². The smallest absolute Gasteiger partial charge is 0.160 e. The molecule has 224 valence electrons. The molecular weight excluding hydrogens is 605 g/mol. The number of para-hydroxylation sites is 1. The molecular formula is C44H26N2OS. The Kier molecular flexibility index (Phi) is 6.05. The summed E-state index contributed by atoms with van der Waals surface area (Å²) < 4.78 is 8.75. The van der Waals surface area contributed by atoms with Gasteiger partial charge in [0, 0.05) is 47.6 Å². The summed E-state index contributed by atoms with van der Waals surface area (Å²) in [6, 6.07) is 55.5. The zero-order valence-electron chi connectivity index (χ0n) is 25.7. The maximum atomic E-state index is 6.20. The molecule has 10 rings (SSSR count). The highest BCUT2D eigenvalue weighted by Crippen LogP contribution is 2.39. The first-order valence-electron chi connectivity index (χ1n) is 16.1.